The van der Waals surface area contributed by atoms with Crippen LogP contribution in [0.4, 0.5) is 5.69 Å². The zero-order chi connectivity index (χ0) is 13.5. The molecule has 19 heavy (non-hydrogen) atoms. The van der Waals surface area contributed by atoms with E-state index in [1.54, 1.807) is 7.11 Å². The molecule has 4 heteroatoms. The second-order valence-corrected chi connectivity index (χ2v) is 5.11. The summed E-state index contributed by atoms with van der Waals surface area (Å²) in [6.07, 6.45) is 3.75. The molecule has 1 aromatic carbocycles. The molecule has 1 aromatic rings. The van der Waals surface area contributed by atoms with Gasteiger partial charge >= 0.3 is 0 Å². The predicted octanol–water partition coefficient (Wildman–Crippen LogP) is 2.18. The van der Waals surface area contributed by atoms with Crippen LogP contribution in [0.1, 0.15) is 24.8 Å². The van der Waals surface area contributed by atoms with Crippen LogP contribution in [-0.2, 0) is 11.3 Å². The van der Waals surface area contributed by atoms with E-state index in [9.17, 15) is 0 Å². The smallest absolute Gasteiger partial charge is 0.119 e. The summed E-state index contributed by atoms with van der Waals surface area (Å²) in [5.74, 6) is 1.70. The quantitative estimate of drug-likeness (QED) is 0.530. The van der Waals surface area contributed by atoms with Crippen molar-refractivity contribution in [1.82, 2.24) is 5.32 Å². The number of nitrogens with two attached hydrogens (primary N) is 1. The first-order valence-electron chi connectivity index (χ1n) is 7.00. The van der Waals surface area contributed by atoms with Gasteiger partial charge < -0.3 is 20.5 Å². The number of methoxy groups -OCH3 is 1. The summed E-state index contributed by atoms with van der Waals surface area (Å²) >= 11 is 0. The monoisotopic (exact) mass is 264 g/mol. The van der Waals surface area contributed by atoms with Gasteiger partial charge in [0.1, 0.15) is 5.75 Å². The van der Waals surface area contributed by atoms with Crippen molar-refractivity contribution in [2.24, 2.45) is 5.92 Å². The van der Waals surface area contributed by atoms with Crippen molar-refractivity contribution in [2.75, 3.05) is 32.6 Å². The highest BCUT2D eigenvalue weighted by molar-refractivity contribution is 5.50. The Labute approximate surface area is 115 Å². The third kappa shape index (κ3) is 5.09. The SMILES string of the molecule is COc1ccc(N)c(CNCCCOCC2CC2)c1. The third-order valence-corrected chi connectivity index (χ3v) is 3.36. The first-order chi connectivity index (χ1) is 9.29. The molecule has 0 aliphatic heterocycles. The number of benzene rings is 1. The van der Waals surface area contributed by atoms with Crippen LogP contribution < -0.4 is 15.8 Å². The first-order valence-corrected chi connectivity index (χ1v) is 7.00. The molecule has 0 bridgehead atoms. The Morgan fingerprint density at radius 1 is 1.37 bits per heavy atom. The van der Waals surface area contributed by atoms with Crippen molar-refractivity contribution >= 4 is 5.69 Å². The number of hydrogen-bond donors (Lipinski definition) is 2. The van der Waals surface area contributed by atoms with E-state index in [4.69, 9.17) is 15.2 Å². The van der Waals surface area contributed by atoms with Crippen LogP contribution in [0.3, 0.4) is 0 Å². The van der Waals surface area contributed by atoms with Crippen LogP contribution >= 0.6 is 0 Å². The molecule has 0 atom stereocenters. The van der Waals surface area contributed by atoms with Gasteiger partial charge in [-0.3, -0.25) is 0 Å². The highest BCUT2D eigenvalue weighted by atomic mass is 16.5. The van der Waals surface area contributed by atoms with Gasteiger partial charge in [0.05, 0.1) is 7.11 Å². The van der Waals surface area contributed by atoms with Crippen molar-refractivity contribution < 1.29 is 9.47 Å². The van der Waals surface area contributed by atoms with E-state index in [2.05, 4.69) is 5.32 Å². The lowest BCUT2D eigenvalue weighted by molar-refractivity contribution is 0.122. The second kappa shape index (κ2) is 7.36. The molecule has 0 amide bonds. The Balaban J connectivity index is 1.58. The number of anilines is 1. The maximum Gasteiger partial charge on any atom is 0.119 e. The van der Waals surface area contributed by atoms with E-state index in [0.717, 1.165) is 55.6 Å². The zero-order valence-electron chi connectivity index (χ0n) is 11.7. The molecule has 1 saturated carbocycles. The van der Waals surface area contributed by atoms with E-state index < -0.39 is 0 Å². The molecule has 0 radical (unpaired) electrons. The van der Waals surface area contributed by atoms with E-state index in [1.807, 2.05) is 18.2 Å². The predicted molar refractivity (Wildman–Crippen MR) is 77.3 cm³/mol. The van der Waals surface area contributed by atoms with Gasteiger partial charge in [0.25, 0.3) is 0 Å². The maximum atomic E-state index is 5.93. The average molecular weight is 264 g/mol. The normalized spacial score (nSPS) is 14.6. The fourth-order valence-corrected chi connectivity index (χ4v) is 1.92. The van der Waals surface area contributed by atoms with Crippen molar-refractivity contribution in [2.45, 2.75) is 25.8 Å². The van der Waals surface area contributed by atoms with Gasteiger partial charge in [0.15, 0.2) is 0 Å². The molecule has 1 fully saturated rings. The van der Waals surface area contributed by atoms with Crippen LogP contribution in [-0.4, -0.2) is 26.9 Å². The van der Waals surface area contributed by atoms with Gasteiger partial charge in [-0.25, -0.2) is 0 Å². The summed E-state index contributed by atoms with van der Waals surface area (Å²) in [4.78, 5) is 0. The lowest BCUT2D eigenvalue weighted by Crippen LogP contribution is -2.17. The Morgan fingerprint density at radius 2 is 2.21 bits per heavy atom. The van der Waals surface area contributed by atoms with E-state index in [-0.39, 0.29) is 0 Å². The Kier molecular flexibility index (Phi) is 5.48. The van der Waals surface area contributed by atoms with Crippen LogP contribution in [0, 0.1) is 5.92 Å². The standard InChI is InChI=1S/C15H24N2O2/c1-18-14-5-6-15(16)13(9-14)10-17-7-2-8-19-11-12-3-4-12/h5-6,9,12,17H,2-4,7-8,10-11,16H2,1H3. The van der Waals surface area contributed by atoms with Crippen molar-refractivity contribution in [3.63, 3.8) is 0 Å². The molecule has 0 heterocycles. The molecule has 0 aromatic heterocycles. The van der Waals surface area contributed by atoms with Crippen LogP contribution in [0.2, 0.25) is 0 Å². The van der Waals surface area contributed by atoms with Crippen LogP contribution in [0.15, 0.2) is 18.2 Å². The molecule has 1 aliphatic carbocycles. The largest absolute Gasteiger partial charge is 0.497 e. The summed E-state index contributed by atoms with van der Waals surface area (Å²) in [7, 11) is 1.67. The topological polar surface area (TPSA) is 56.5 Å². The first kappa shape index (κ1) is 14.2. The fourth-order valence-electron chi connectivity index (χ4n) is 1.92. The van der Waals surface area contributed by atoms with E-state index >= 15 is 0 Å². The Bertz CT molecular complexity index is 392. The van der Waals surface area contributed by atoms with Crippen molar-refractivity contribution in [3.8, 4) is 5.75 Å². The van der Waals surface area contributed by atoms with Crippen LogP contribution in [0.25, 0.3) is 0 Å². The van der Waals surface area contributed by atoms with Crippen molar-refractivity contribution in [3.05, 3.63) is 23.8 Å². The lowest BCUT2D eigenvalue weighted by atomic mass is 10.1. The van der Waals surface area contributed by atoms with Gasteiger partial charge in [0, 0.05) is 25.4 Å². The molecule has 0 spiro atoms. The summed E-state index contributed by atoms with van der Waals surface area (Å²) in [6, 6.07) is 5.74. The van der Waals surface area contributed by atoms with Gasteiger partial charge in [0.2, 0.25) is 0 Å². The summed E-state index contributed by atoms with van der Waals surface area (Å²) in [5, 5.41) is 3.38. The summed E-state index contributed by atoms with van der Waals surface area (Å²) in [6.45, 7) is 3.51. The fraction of sp³-hybridized carbons (Fsp3) is 0.600. The number of nitrogens with one attached hydrogen (secondary N) is 1. The Morgan fingerprint density at radius 3 is 2.95 bits per heavy atom. The summed E-state index contributed by atoms with van der Waals surface area (Å²) < 4.78 is 10.8. The van der Waals surface area contributed by atoms with Crippen molar-refractivity contribution in [1.29, 1.82) is 0 Å². The average Bonchev–Trinajstić information content (AvgIpc) is 3.23. The molecule has 3 N–H and O–H groups in total. The van der Waals surface area contributed by atoms with Gasteiger partial charge in [-0.2, -0.15) is 0 Å². The molecule has 1 aliphatic rings. The molecule has 4 nitrogen and oxygen atoms in total. The molecule has 0 unspecified atom stereocenters. The molecular formula is C15H24N2O2. The van der Waals surface area contributed by atoms with Gasteiger partial charge in [-0.15, -0.1) is 0 Å². The third-order valence-electron chi connectivity index (χ3n) is 3.36. The minimum absolute atomic E-state index is 0.770. The number of nitrogen functional groups attached to an aromatic ring is 1. The van der Waals surface area contributed by atoms with E-state index in [1.165, 1.54) is 12.8 Å². The lowest BCUT2D eigenvalue weighted by Gasteiger charge is -2.09. The minimum atomic E-state index is 0.770. The second-order valence-electron chi connectivity index (χ2n) is 5.11. The zero-order valence-corrected chi connectivity index (χ0v) is 11.7. The molecule has 0 saturated heterocycles. The minimum Gasteiger partial charge on any atom is -0.497 e. The number of hydrogen-bond acceptors (Lipinski definition) is 4. The summed E-state index contributed by atoms with van der Waals surface area (Å²) in [5.41, 5.74) is 7.81. The molecular weight excluding hydrogens is 240 g/mol. The Hall–Kier alpha value is -1.26. The number of rotatable bonds is 9. The molecule has 2 rings (SSSR count). The maximum absolute atomic E-state index is 5.93. The van der Waals surface area contributed by atoms with Crippen LogP contribution in [0.5, 0.6) is 5.75 Å². The highest BCUT2D eigenvalue weighted by Gasteiger charge is 2.20. The number of ether oxygens (including phenoxy) is 2. The highest BCUT2D eigenvalue weighted by Crippen LogP contribution is 2.28. The van der Waals surface area contributed by atoms with Gasteiger partial charge in [-0.1, -0.05) is 0 Å². The molecule has 106 valence electrons. The van der Waals surface area contributed by atoms with Gasteiger partial charge in [-0.05, 0) is 55.5 Å². The van der Waals surface area contributed by atoms with E-state index in [0.29, 0.717) is 0 Å².